The lowest BCUT2D eigenvalue weighted by molar-refractivity contribution is -0.146. The Bertz CT molecular complexity index is 192. The highest BCUT2D eigenvalue weighted by Gasteiger charge is 2.03. The highest BCUT2D eigenvalue weighted by Crippen LogP contribution is 1.88. The first kappa shape index (κ1) is 12.9. The molecule has 0 heterocycles. The first-order valence-electron chi connectivity index (χ1n) is 4.71. The third-order valence-electron chi connectivity index (χ3n) is 1.41. The fourth-order valence-electron chi connectivity index (χ4n) is 0.883. The Kier molecular flexibility index (Phi) is 6.74. The van der Waals surface area contributed by atoms with Gasteiger partial charge in [-0.1, -0.05) is 0 Å². The fourth-order valence-corrected chi connectivity index (χ4v) is 0.883. The quantitative estimate of drug-likeness (QED) is 0.442. The summed E-state index contributed by atoms with van der Waals surface area (Å²) in [7, 11) is 0. The van der Waals surface area contributed by atoms with Crippen molar-refractivity contribution in [2.75, 3.05) is 13.1 Å². The van der Waals surface area contributed by atoms with E-state index in [2.05, 4.69) is 5.32 Å². The van der Waals surface area contributed by atoms with Gasteiger partial charge < -0.3 is 15.8 Å². The van der Waals surface area contributed by atoms with Gasteiger partial charge in [-0.15, -0.1) is 0 Å². The van der Waals surface area contributed by atoms with Gasteiger partial charge in [0.05, 0.1) is 12.6 Å². The van der Waals surface area contributed by atoms with Crippen LogP contribution in [0.2, 0.25) is 0 Å². The van der Waals surface area contributed by atoms with Gasteiger partial charge in [-0.05, 0) is 26.8 Å². The summed E-state index contributed by atoms with van der Waals surface area (Å²) in [4.78, 5) is 21.3. The summed E-state index contributed by atoms with van der Waals surface area (Å²) in [6.45, 7) is 4.36. The van der Waals surface area contributed by atoms with Crippen molar-refractivity contribution < 1.29 is 14.3 Å². The van der Waals surface area contributed by atoms with Crippen molar-refractivity contribution >= 4 is 11.9 Å². The number of esters is 1. The Hall–Kier alpha value is -1.10. The van der Waals surface area contributed by atoms with Crippen LogP contribution in [0.1, 0.15) is 26.7 Å². The van der Waals surface area contributed by atoms with Crippen molar-refractivity contribution in [3.8, 4) is 0 Å². The molecule has 82 valence electrons. The molecule has 0 unspecified atom stereocenters. The van der Waals surface area contributed by atoms with Crippen LogP contribution >= 0.6 is 0 Å². The van der Waals surface area contributed by atoms with E-state index in [4.69, 9.17) is 10.5 Å². The van der Waals surface area contributed by atoms with Crippen LogP contribution in [0.15, 0.2) is 0 Å². The summed E-state index contributed by atoms with van der Waals surface area (Å²) in [6.07, 6.45) is 0.895. The minimum Gasteiger partial charge on any atom is -0.462 e. The van der Waals surface area contributed by atoms with E-state index in [1.165, 1.54) is 0 Å². The number of hydrogen-bond acceptors (Lipinski definition) is 4. The molecule has 5 heteroatoms. The van der Waals surface area contributed by atoms with Gasteiger partial charge in [0.2, 0.25) is 5.91 Å². The topological polar surface area (TPSA) is 81.4 Å². The van der Waals surface area contributed by atoms with Gasteiger partial charge in [-0.3, -0.25) is 9.59 Å². The molecule has 3 N–H and O–H groups in total. The highest BCUT2D eigenvalue weighted by atomic mass is 16.5. The smallest absolute Gasteiger partial charge is 0.320 e. The molecule has 0 rings (SSSR count). The molecule has 0 aromatic rings. The molecule has 0 saturated carbocycles. The number of nitrogens with one attached hydrogen (secondary N) is 1. The van der Waals surface area contributed by atoms with E-state index in [0.717, 1.165) is 0 Å². The molecule has 0 spiro atoms. The predicted octanol–water partition coefficient (Wildman–Crippen LogP) is -0.207. The van der Waals surface area contributed by atoms with E-state index in [9.17, 15) is 9.59 Å². The zero-order valence-electron chi connectivity index (χ0n) is 8.71. The molecule has 0 saturated heterocycles. The average Bonchev–Trinajstić information content (AvgIpc) is 2.01. The zero-order valence-corrected chi connectivity index (χ0v) is 8.71. The third kappa shape index (κ3) is 8.99. The average molecular weight is 202 g/mol. The summed E-state index contributed by atoms with van der Waals surface area (Å²) >= 11 is 0. The fraction of sp³-hybridized carbons (Fsp3) is 0.778. The minimum atomic E-state index is -0.323. The molecule has 5 nitrogen and oxygen atoms in total. The largest absolute Gasteiger partial charge is 0.462 e. The molecule has 0 aliphatic carbocycles. The van der Waals surface area contributed by atoms with Crippen molar-refractivity contribution in [1.82, 2.24) is 5.32 Å². The summed E-state index contributed by atoms with van der Waals surface area (Å²) in [5.74, 6) is -0.601. The molecule has 1 amide bonds. The van der Waals surface area contributed by atoms with Crippen LogP contribution in [0.4, 0.5) is 0 Å². The lowest BCUT2D eigenvalue weighted by Crippen LogP contribution is -2.28. The summed E-state index contributed by atoms with van der Waals surface area (Å²) in [5, 5.41) is 2.86. The molecule has 14 heavy (non-hydrogen) atoms. The lowest BCUT2D eigenvalue weighted by atomic mass is 10.3. The summed E-state index contributed by atoms with van der Waals surface area (Å²) in [6, 6.07) is 0. The van der Waals surface area contributed by atoms with Crippen LogP contribution in [0, 0.1) is 0 Å². The number of rotatable bonds is 7. The Morgan fingerprint density at radius 3 is 2.57 bits per heavy atom. The molecular formula is C9H18N2O3. The van der Waals surface area contributed by atoms with Gasteiger partial charge in [-0.2, -0.15) is 0 Å². The molecule has 0 aromatic carbocycles. The van der Waals surface area contributed by atoms with E-state index in [0.29, 0.717) is 19.4 Å². The first-order chi connectivity index (χ1) is 6.52. The molecular weight excluding hydrogens is 184 g/mol. The Morgan fingerprint density at radius 1 is 1.43 bits per heavy atom. The molecule has 0 aliphatic heterocycles. The van der Waals surface area contributed by atoms with Crippen LogP contribution in [-0.2, 0) is 14.3 Å². The van der Waals surface area contributed by atoms with E-state index >= 15 is 0 Å². The molecule has 0 radical (unpaired) electrons. The number of carbonyl (C=O) groups excluding carboxylic acids is 2. The maximum atomic E-state index is 11.0. The third-order valence-corrected chi connectivity index (χ3v) is 1.41. The van der Waals surface area contributed by atoms with Gasteiger partial charge in [-0.25, -0.2) is 0 Å². The van der Waals surface area contributed by atoms with Crippen LogP contribution in [0.3, 0.4) is 0 Å². The standard InChI is InChI=1S/C9H18N2O3/c1-7(2)14-9(13)6-11-5-3-4-8(10)12/h7,11H,3-6H2,1-2H3,(H2,10,12). The number of amides is 1. The zero-order chi connectivity index (χ0) is 11.0. The maximum absolute atomic E-state index is 11.0. The van der Waals surface area contributed by atoms with Gasteiger partial charge in [0.25, 0.3) is 0 Å². The number of nitrogens with two attached hydrogens (primary N) is 1. The molecule has 0 fully saturated rings. The van der Waals surface area contributed by atoms with Gasteiger partial charge in [0, 0.05) is 6.42 Å². The summed E-state index contributed by atoms with van der Waals surface area (Å²) < 4.78 is 4.88. The van der Waals surface area contributed by atoms with E-state index < -0.39 is 0 Å². The number of ether oxygens (including phenoxy) is 1. The second kappa shape index (κ2) is 7.32. The van der Waals surface area contributed by atoms with Crippen molar-refractivity contribution in [2.45, 2.75) is 32.8 Å². The van der Waals surface area contributed by atoms with Crippen LogP contribution < -0.4 is 11.1 Å². The van der Waals surface area contributed by atoms with Gasteiger partial charge >= 0.3 is 5.97 Å². The van der Waals surface area contributed by atoms with E-state index in [-0.39, 0.29) is 24.5 Å². The number of primary amides is 1. The van der Waals surface area contributed by atoms with E-state index in [1.807, 2.05) is 0 Å². The Balaban J connectivity index is 3.27. The van der Waals surface area contributed by atoms with E-state index in [1.54, 1.807) is 13.8 Å². The first-order valence-corrected chi connectivity index (χ1v) is 4.71. The number of hydrogen-bond donors (Lipinski definition) is 2. The molecule has 0 atom stereocenters. The van der Waals surface area contributed by atoms with Crippen molar-refractivity contribution in [2.24, 2.45) is 5.73 Å². The Morgan fingerprint density at radius 2 is 2.07 bits per heavy atom. The Labute approximate surface area is 84.0 Å². The van der Waals surface area contributed by atoms with Crippen molar-refractivity contribution in [1.29, 1.82) is 0 Å². The van der Waals surface area contributed by atoms with Crippen molar-refractivity contribution in [3.05, 3.63) is 0 Å². The molecule has 0 aromatic heterocycles. The van der Waals surface area contributed by atoms with Crippen LogP contribution in [-0.4, -0.2) is 31.1 Å². The maximum Gasteiger partial charge on any atom is 0.320 e. The monoisotopic (exact) mass is 202 g/mol. The minimum absolute atomic E-state index is 0.0880. The SMILES string of the molecule is CC(C)OC(=O)CNCCCC(N)=O. The second-order valence-corrected chi connectivity index (χ2v) is 3.29. The van der Waals surface area contributed by atoms with Gasteiger partial charge in [0.1, 0.15) is 0 Å². The van der Waals surface area contributed by atoms with Gasteiger partial charge in [0.15, 0.2) is 0 Å². The predicted molar refractivity (Wildman–Crippen MR) is 52.5 cm³/mol. The highest BCUT2D eigenvalue weighted by molar-refractivity contribution is 5.73. The second-order valence-electron chi connectivity index (χ2n) is 3.29. The number of carbonyl (C=O) groups is 2. The molecule has 0 aliphatic rings. The van der Waals surface area contributed by atoms with Crippen molar-refractivity contribution in [3.63, 3.8) is 0 Å². The summed E-state index contributed by atoms with van der Waals surface area (Å²) in [5.41, 5.74) is 4.94. The normalized spacial score (nSPS) is 10.2. The van der Waals surface area contributed by atoms with Crippen LogP contribution in [0.5, 0.6) is 0 Å². The lowest BCUT2D eigenvalue weighted by Gasteiger charge is -2.08. The van der Waals surface area contributed by atoms with Crippen LogP contribution in [0.25, 0.3) is 0 Å². The molecule has 0 bridgehead atoms.